The van der Waals surface area contributed by atoms with Gasteiger partial charge < -0.3 is 5.11 Å². The second-order valence-corrected chi connectivity index (χ2v) is 16.2. The van der Waals surface area contributed by atoms with E-state index in [1.165, 1.54) is 104 Å². The van der Waals surface area contributed by atoms with Crippen LogP contribution < -0.4 is 0 Å². The van der Waals surface area contributed by atoms with E-state index in [0.717, 1.165) is 17.6 Å². The van der Waals surface area contributed by atoms with E-state index in [1.807, 2.05) is 0 Å². The molecule has 2 atom stereocenters. The third-order valence-corrected chi connectivity index (χ3v) is 13.1. The maximum atomic E-state index is 12.1. The summed E-state index contributed by atoms with van der Waals surface area (Å²) in [5.41, 5.74) is 9.43. The van der Waals surface area contributed by atoms with Crippen molar-refractivity contribution in [3.8, 4) is 5.75 Å². The van der Waals surface area contributed by atoms with Gasteiger partial charge in [0.05, 0.1) is 11.1 Å². The van der Waals surface area contributed by atoms with Gasteiger partial charge in [0.1, 0.15) is 5.75 Å². The third kappa shape index (κ3) is 5.12. The molecular formula is C35H50NOP. The number of hydrogen-bond acceptors (Lipinski definition) is 2. The summed E-state index contributed by atoms with van der Waals surface area (Å²) >= 11 is 0. The Hall–Kier alpha value is -1.66. The Morgan fingerprint density at radius 1 is 0.868 bits per heavy atom. The van der Waals surface area contributed by atoms with Crippen LogP contribution in [0.25, 0.3) is 0 Å². The van der Waals surface area contributed by atoms with Crippen molar-refractivity contribution in [1.82, 2.24) is 0 Å². The number of phenolic OH excluding ortho intramolecular Hbond substituents is 1. The molecule has 3 heteroatoms. The average Bonchev–Trinajstić information content (AvgIpc) is 3.26. The molecule has 3 aliphatic rings. The zero-order chi connectivity index (χ0) is 27.1. The van der Waals surface area contributed by atoms with Crippen LogP contribution in [0.3, 0.4) is 0 Å². The van der Waals surface area contributed by atoms with Gasteiger partial charge in [0.15, 0.2) is 0 Å². The van der Waals surface area contributed by atoms with Crippen LogP contribution in [-0.4, -0.2) is 22.4 Å². The number of benzene rings is 2. The van der Waals surface area contributed by atoms with Crippen LogP contribution in [0.2, 0.25) is 0 Å². The Kier molecular flexibility index (Phi) is 8.13. The number of hydrogen-bond donors (Lipinski definition) is 1. The predicted molar refractivity (Wildman–Crippen MR) is 166 cm³/mol. The Bertz CT molecular complexity index is 1160. The van der Waals surface area contributed by atoms with Crippen LogP contribution in [0.1, 0.15) is 119 Å². The normalized spacial score (nSPS) is 26.8. The van der Waals surface area contributed by atoms with E-state index in [2.05, 4.69) is 71.9 Å². The Morgan fingerprint density at radius 2 is 1.47 bits per heavy atom. The Morgan fingerprint density at radius 3 is 2.08 bits per heavy atom. The van der Waals surface area contributed by atoms with E-state index in [0.29, 0.717) is 11.7 Å². The summed E-state index contributed by atoms with van der Waals surface area (Å²) < 4.78 is 0. The first-order valence-electron chi connectivity index (χ1n) is 15.4. The minimum absolute atomic E-state index is 0.0952. The molecule has 206 valence electrons. The highest BCUT2D eigenvalue weighted by atomic mass is 31.1. The molecule has 1 N–H and O–H groups in total. The Balaban J connectivity index is 1.77. The van der Waals surface area contributed by atoms with Crippen molar-refractivity contribution in [3.05, 3.63) is 58.1 Å². The molecule has 2 aromatic rings. The summed E-state index contributed by atoms with van der Waals surface area (Å²) in [4.78, 5) is 5.83. The molecule has 1 heterocycles. The topological polar surface area (TPSA) is 32.6 Å². The van der Waals surface area contributed by atoms with Crippen molar-refractivity contribution < 1.29 is 5.11 Å². The van der Waals surface area contributed by atoms with Crippen LogP contribution in [0.4, 0.5) is 5.69 Å². The number of nitrogens with zero attached hydrogens (tertiary/aromatic N) is 1. The van der Waals surface area contributed by atoms with Crippen LogP contribution in [0.15, 0.2) is 35.3 Å². The average molecular weight is 532 g/mol. The maximum absolute atomic E-state index is 12.1. The molecule has 0 radical (unpaired) electrons. The number of rotatable bonds is 4. The highest BCUT2D eigenvalue weighted by Crippen LogP contribution is 2.66. The van der Waals surface area contributed by atoms with Crippen LogP contribution in [-0.2, 0) is 10.8 Å². The summed E-state index contributed by atoms with van der Waals surface area (Å²) in [6, 6.07) is 11.3. The van der Waals surface area contributed by atoms with Crippen molar-refractivity contribution >= 4 is 19.1 Å². The summed E-state index contributed by atoms with van der Waals surface area (Å²) in [6.07, 6.45) is 15.8. The zero-order valence-corrected chi connectivity index (χ0v) is 25.8. The highest BCUT2D eigenvalue weighted by Gasteiger charge is 2.54. The first kappa shape index (κ1) is 27.9. The summed E-state index contributed by atoms with van der Waals surface area (Å²) in [5, 5.41) is 12.1. The molecule has 2 nitrogen and oxygen atoms in total. The molecule has 2 saturated carbocycles. The summed E-state index contributed by atoms with van der Waals surface area (Å²) in [6.45, 7) is 13.4. The van der Waals surface area contributed by atoms with E-state index in [9.17, 15) is 5.11 Å². The molecule has 1 saturated heterocycles. The molecule has 2 unspecified atom stereocenters. The van der Waals surface area contributed by atoms with Gasteiger partial charge in [0, 0.05) is 11.0 Å². The quantitative estimate of drug-likeness (QED) is 0.391. The fraction of sp³-hybridized carbons (Fsp3) is 0.629. The number of aliphatic imine (C=N–C) groups is 1. The van der Waals surface area contributed by atoms with E-state index >= 15 is 0 Å². The van der Waals surface area contributed by atoms with Crippen molar-refractivity contribution in [1.29, 1.82) is 0 Å². The van der Waals surface area contributed by atoms with E-state index in [-0.39, 0.29) is 18.8 Å². The van der Waals surface area contributed by atoms with Gasteiger partial charge in [-0.25, -0.2) is 0 Å². The third-order valence-electron chi connectivity index (χ3n) is 9.91. The van der Waals surface area contributed by atoms with Crippen LogP contribution in [0, 0.1) is 26.7 Å². The minimum Gasteiger partial charge on any atom is -0.507 e. The standard InChI is InChI=1S/C35H50NOP/c1-24-22-25(2)31(26(3)23-24)36-33-35(27-14-9-7-10-15-27,20-21-38(33)28-16-11-8-12-17-28)30-19-13-18-29(32(30)37)34(4,5)6/h13,18-19,22-23,27-28,37H,7-12,14-17,20-21H2,1-6H3. The van der Waals surface area contributed by atoms with E-state index < -0.39 is 0 Å². The monoisotopic (exact) mass is 531 g/mol. The van der Waals surface area contributed by atoms with Crippen molar-refractivity contribution in [2.75, 3.05) is 6.16 Å². The number of aromatic hydroxyl groups is 1. The van der Waals surface area contributed by atoms with E-state index in [1.54, 1.807) is 0 Å². The lowest BCUT2D eigenvalue weighted by Gasteiger charge is -2.43. The van der Waals surface area contributed by atoms with E-state index in [4.69, 9.17) is 4.99 Å². The van der Waals surface area contributed by atoms with Gasteiger partial charge >= 0.3 is 0 Å². The molecule has 3 fully saturated rings. The lowest BCUT2D eigenvalue weighted by Crippen LogP contribution is -2.41. The van der Waals surface area contributed by atoms with Crippen molar-refractivity contribution in [3.63, 3.8) is 0 Å². The fourth-order valence-corrected chi connectivity index (χ4v) is 11.8. The summed E-state index contributed by atoms with van der Waals surface area (Å²) in [7, 11) is -0.330. The number of aryl methyl sites for hydroxylation is 3. The Labute approximate surface area is 233 Å². The lowest BCUT2D eigenvalue weighted by atomic mass is 9.63. The molecule has 0 amide bonds. The number of phenols is 1. The molecule has 0 bridgehead atoms. The second-order valence-electron chi connectivity index (χ2n) is 13.7. The largest absolute Gasteiger partial charge is 0.507 e. The molecule has 2 aromatic carbocycles. The molecule has 5 rings (SSSR count). The van der Waals surface area contributed by atoms with Gasteiger partial charge in [-0.3, -0.25) is 4.99 Å². The van der Waals surface area contributed by atoms with Crippen molar-refractivity contribution in [2.24, 2.45) is 10.9 Å². The van der Waals surface area contributed by atoms with Gasteiger partial charge in [0.25, 0.3) is 0 Å². The fourth-order valence-electron chi connectivity index (χ4n) is 8.10. The molecule has 0 spiro atoms. The van der Waals surface area contributed by atoms with Crippen LogP contribution >= 0.6 is 7.92 Å². The van der Waals surface area contributed by atoms with Crippen LogP contribution in [0.5, 0.6) is 5.75 Å². The zero-order valence-electron chi connectivity index (χ0n) is 24.9. The molecule has 2 aliphatic carbocycles. The van der Waals surface area contributed by atoms with Gasteiger partial charge in [0.2, 0.25) is 0 Å². The molecule has 0 aromatic heterocycles. The number of para-hydroxylation sites is 1. The molecule has 1 aliphatic heterocycles. The highest BCUT2D eigenvalue weighted by molar-refractivity contribution is 7.76. The van der Waals surface area contributed by atoms with Gasteiger partial charge in [-0.2, -0.15) is 0 Å². The van der Waals surface area contributed by atoms with Gasteiger partial charge in [-0.15, -0.1) is 0 Å². The smallest absolute Gasteiger partial charge is 0.123 e. The van der Waals surface area contributed by atoms with Gasteiger partial charge in [-0.05, 0) is 92.7 Å². The first-order chi connectivity index (χ1) is 18.1. The summed E-state index contributed by atoms with van der Waals surface area (Å²) in [5.74, 6) is 1.12. The van der Waals surface area contributed by atoms with Crippen molar-refractivity contribution in [2.45, 2.75) is 129 Å². The SMILES string of the molecule is Cc1cc(C)c(N=C2P(C3CCCCC3)CCC2(c2cccc(C(C)(C)C)c2O)C2CCCCC2)c(C)c1. The predicted octanol–water partition coefficient (Wildman–Crippen LogP) is 10.4. The lowest BCUT2D eigenvalue weighted by molar-refractivity contribution is 0.256. The van der Waals surface area contributed by atoms with Gasteiger partial charge in [-0.1, -0.05) is 103 Å². The first-order valence-corrected chi connectivity index (χ1v) is 17.0. The maximum Gasteiger partial charge on any atom is 0.123 e. The minimum atomic E-state index is -0.330. The molecular weight excluding hydrogens is 481 g/mol. The molecule has 38 heavy (non-hydrogen) atoms. The second kappa shape index (κ2) is 11.1.